The molecule has 0 aliphatic heterocycles. The number of ether oxygens (including phenoxy) is 3. The van der Waals surface area contributed by atoms with Crippen LogP contribution in [0.5, 0.6) is 5.88 Å². The molecule has 39 heavy (non-hydrogen) atoms. The quantitative estimate of drug-likeness (QED) is 0.105. The molecule has 1 heterocycles. The number of nitrogens with zero attached hydrogens (tertiary/aromatic N) is 1. The van der Waals surface area contributed by atoms with Gasteiger partial charge in [-0.15, -0.1) is 0 Å². The summed E-state index contributed by atoms with van der Waals surface area (Å²) in [6.45, 7) is 12.7. The van der Waals surface area contributed by atoms with Crippen molar-refractivity contribution in [2.24, 2.45) is 0 Å². The van der Waals surface area contributed by atoms with Crippen LogP contribution in [0.2, 0.25) is 13.3 Å². The van der Waals surface area contributed by atoms with Gasteiger partial charge in [-0.1, -0.05) is 0 Å². The van der Waals surface area contributed by atoms with E-state index in [1.54, 1.807) is 0 Å². The Morgan fingerprint density at radius 3 is 1.95 bits per heavy atom. The number of halogens is 1. The summed E-state index contributed by atoms with van der Waals surface area (Å²) in [4.78, 5) is 4.94. The zero-order valence-corrected chi connectivity index (χ0v) is 27.7. The number of benzene rings is 1. The molecule has 0 bridgehead atoms. The van der Waals surface area contributed by atoms with Gasteiger partial charge in [0.25, 0.3) is 0 Å². The second-order valence-corrected chi connectivity index (χ2v) is 23.4. The average molecular weight is 649 g/mol. The molecular formula is C32H51FN2O3Sn. The molecule has 0 radical (unpaired) electrons. The van der Waals surface area contributed by atoms with Crippen LogP contribution < -0.4 is 13.6 Å². The summed E-state index contributed by atoms with van der Waals surface area (Å²) in [7, 11) is 1.93. The van der Waals surface area contributed by atoms with Gasteiger partial charge in [0.1, 0.15) is 0 Å². The van der Waals surface area contributed by atoms with E-state index >= 15 is 0 Å². The van der Waals surface area contributed by atoms with Crippen LogP contribution in [0.25, 0.3) is 5.57 Å². The van der Waals surface area contributed by atoms with Crippen molar-refractivity contribution in [1.29, 1.82) is 0 Å². The minimum atomic E-state index is -2.87. The number of hydrogen-bond donors (Lipinski definition) is 1. The summed E-state index contributed by atoms with van der Waals surface area (Å²) < 4.78 is 34.8. The molecule has 2 aromatic rings. The summed E-state index contributed by atoms with van der Waals surface area (Å²) >= 11 is -2.87. The molecule has 1 aromatic carbocycles. The van der Waals surface area contributed by atoms with Gasteiger partial charge in [0.15, 0.2) is 0 Å². The number of unbranched alkanes of at least 4 members (excludes halogenated alkanes) is 3. The van der Waals surface area contributed by atoms with Crippen molar-refractivity contribution in [3.63, 3.8) is 0 Å². The van der Waals surface area contributed by atoms with Gasteiger partial charge in [-0.2, -0.15) is 0 Å². The maximum atomic E-state index is 12.2. The molecule has 0 saturated heterocycles. The van der Waals surface area contributed by atoms with Crippen molar-refractivity contribution < 1.29 is 18.6 Å². The Labute approximate surface area is 240 Å². The third kappa shape index (κ3) is 11.0. The number of hydrogen-bond acceptors (Lipinski definition) is 5. The number of nitrogens with one attached hydrogen (secondary N) is 1. The molecule has 218 valence electrons. The zero-order valence-electron chi connectivity index (χ0n) is 24.8. The number of rotatable bonds is 22. The first-order chi connectivity index (χ1) is 19.0. The van der Waals surface area contributed by atoms with E-state index in [4.69, 9.17) is 19.2 Å². The summed E-state index contributed by atoms with van der Waals surface area (Å²) in [6.07, 6.45) is 9.36. The van der Waals surface area contributed by atoms with Crippen LogP contribution in [0.3, 0.4) is 0 Å². The maximum absolute atomic E-state index is 12.2. The van der Waals surface area contributed by atoms with Gasteiger partial charge >= 0.3 is 242 Å². The Morgan fingerprint density at radius 2 is 1.41 bits per heavy atom. The minimum absolute atomic E-state index is 0.118. The first-order valence-electron chi connectivity index (χ1n) is 14.9. The van der Waals surface area contributed by atoms with E-state index in [9.17, 15) is 4.39 Å². The zero-order chi connectivity index (χ0) is 28.3. The van der Waals surface area contributed by atoms with Gasteiger partial charge in [0, 0.05) is 0 Å². The molecule has 0 amide bonds. The van der Waals surface area contributed by atoms with Crippen LogP contribution in [0.1, 0.15) is 70.4 Å². The summed E-state index contributed by atoms with van der Waals surface area (Å²) in [6, 6.07) is 10.8. The van der Waals surface area contributed by atoms with E-state index in [1.165, 1.54) is 55.4 Å². The SMILES string of the molecule is C=C(c1ccc(NC)cc1)c1cnc(OCCOCCOCCF)[c]([Sn]([CH2]CCC)([CH2]CCC)[CH2]CCC)c1. The monoisotopic (exact) mass is 650 g/mol. The Bertz CT molecular complexity index is 933. The fourth-order valence-corrected chi connectivity index (χ4v) is 21.3. The third-order valence-electron chi connectivity index (χ3n) is 7.38. The van der Waals surface area contributed by atoms with Crippen molar-refractivity contribution in [3.8, 4) is 5.88 Å². The predicted octanol–water partition coefficient (Wildman–Crippen LogP) is 7.62. The molecule has 0 saturated carbocycles. The van der Waals surface area contributed by atoms with Gasteiger partial charge in [-0.05, 0) is 0 Å². The van der Waals surface area contributed by atoms with Crippen molar-refractivity contribution in [3.05, 3.63) is 54.2 Å². The van der Waals surface area contributed by atoms with Crippen LogP contribution in [-0.2, 0) is 9.47 Å². The van der Waals surface area contributed by atoms with Gasteiger partial charge in [-0.3, -0.25) is 0 Å². The van der Waals surface area contributed by atoms with E-state index in [0.29, 0.717) is 26.4 Å². The molecule has 0 unspecified atom stereocenters. The molecule has 1 N–H and O–H groups in total. The molecule has 2 rings (SSSR count). The molecule has 0 aliphatic carbocycles. The Kier molecular flexibility index (Phi) is 16.7. The van der Waals surface area contributed by atoms with Gasteiger partial charge in [0.2, 0.25) is 0 Å². The van der Waals surface area contributed by atoms with Crippen LogP contribution in [0.4, 0.5) is 10.1 Å². The fraction of sp³-hybridized carbons (Fsp3) is 0.594. The second kappa shape index (κ2) is 19.4. The van der Waals surface area contributed by atoms with Gasteiger partial charge in [0.05, 0.1) is 0 Å². The Hall–Kier alpha value is -1.64. The first kappa shape index (κ1) is 33.6. The molecule has 7 heteroatoms. The van der Waals surface area contributed by atoms with E-state index in [1.807, 2.05) is 13.2 Å². The molecule has 0 spiro atoms. The van der Waals surface area contributed by atoms with Crippen LogP contribution in [0.15, 0.2) is 43.1 Å². The number of alkyl halides is 1. The van der Waals surface area contributed by atoms with Gasteiger partial charge in [-0.25, -0.2) is 0 Å². The van der Waals surface area contributed by atoms with Crippen molar-refractivity contribution >= 4 is 33.2 Å². The number of anilines is 1. The van der Waals surface area contributed by atoms with E-state index in [0.717, 1.165) is 28.3 Å². The summed E-state index contributed by atoms with van der Waals surface area (Å²) in [5, 5.41) is 3.19. The molecule has 1 aromatic heterocycles. The second-order valence-electron chi connectivity index (χ2n) is 10.2. The van der Waals surface area contributed by atoms with Gasteiger partial charge < -0.3 is 0 Å². The topological polar surface area (TPSA) is 52.6 Å². The Morgan fingerprint density at radius 1 is 0.846 bits per heavy atom. The molecular weight excluding hydrogens is 598 g/mol. The number of pyridine rings is 1. The van der Waals surface area contributed by atoms with Crippen molar-refractivity contribution in [1.82, 2.24) is 4.98 Å². The molecule has 0 atom stereocenters. The fourth-order valence-electron chi connectivity index (χ4n) is 5.02. The van der Waals surface area contributed by atoms with Crippen molar-refractivity contribution in [2.45, 2.75) is 72.6 Å². The summed E-state index contributed by atoms with van der Waals surface area (Å²) in [5.74, 6) is 0.800. The Balaban J connectivity index is 2.39. The van der Waals surface area contributed by atoms with Crippen LogP contribution in [0, 0.1) is 0 Å². The summed E-state index contributed by atoms with van der Waals surface area (Å²) in [5.41, 5.74) is 4.27. The molecule has 5 nitrogen and oxygen atoms in total. The standard InChI is InChI=1S/C20H24FN2O3.3C4H9.Sn/c1-16(17-3-6-19(22-2)7-4-17)18-5-8-20(23-15-18)26-14-13-25-12-11-24-10-9-21;3*1-3-4-2;/h3-7,15,22H,1,9-14H2,2H3;3*1,3-4H2,2H3;. The van der Waals surface area contributed by atoms with Crippen molar-refractivity contribution in [2.75, 3.05) is 52.1 Å². The van der Waals surface area contributed by atoms with E-state index in [2.05, 4.69) is 63.0 Å². The normalized spacial score (nSPS) is 11.5. The van der Waals surface area contributed by atoms with Crippen LogP contribution in [-0.4, -0.2) is 70.1 Å². The third-order valence-corrected chi connectivity index (χ3v) is 22.9. The van der Waals surface area contributed by atoms with E-state index in [-0.39, 0.29) is 6.61 Å². The molecule has 0 fully saturated rings. The molecule has 0 aliphatic rings. The first-order valence-corrected chi connectivity index (χ1v) is 22.4. The van der Waals surface area contributed by atoms with E-state index < -0.39 is 25.1 Å². The average Bonchev–Trinajstić information content (AvgIpc) is 2.98. The van der Waals surface area contributed by atoms with Crippen LogP contribution >= 0.6 is 0 Å². The predicted molar refractivity (Wildman–Crippen MR) is 166 cm³/mol. The number of aromatic nitrogens is 1.